The van der Waals surface area contributed by atoms with Crippen LogP contribution in [0.5, 0.6) is 0 Å². The van der Waals surface area contributed by atoms with E-state index in [-0.39, 0.29) is 0 Å². The lowest BCUT2D eigenvalue weighted by Crippen LogP contribution is -2.34. The Kier molecular flexibility index (Phi) is 4.33. The number of hydrogen-bond acceptors (Lipinski definition) is 6. The summed E-state index contributed by atoms with van der Waals surface area (Å²) in [5.41, 5.74) is 0. The Morgan fingerprint density at radius 1 is 0.750 bits per heavy atom. The highest BCUT2D eigenvalue weighted by Crippen LogP contribution is 2.29. The molecule has 0 unspecified atom stereocenters. The van der Waals surface area contributed by atoms with Crippen LogP contribution in [0.4, 0.5) is 0 Å². The van der Waals surface area contributed by atoms with Crippen molar-refractivity contribution < 1.29 is 25.2 Å². The topological polar surface area (TPSA) is 86.7 Å². The summed E-state index contributed by atoms with van der Waals surface area (Å²) in [5.74, 6) is 0. The van der Waals surface area contributed by atoms with E-state index in [1.54, 1.807) is 0 Å². The van der Waals surface area contributed by atoms with Crippen LogP contribution < -0.4 is 0 Å². The second-order valence-corrected chi connectivity index (χ2v) is 7.69. The normalized spacial score (nSPS) is 27.9. The largest absolute Gasteiger partial charge is 0.273 e. The average Bonchev–Trinajstić information content (AvgIpc) is 2.29. The zero-order chi connectivity index (χ0) is 12.4. The molecule has 0 radical (unpaired) electrons. The van der Waals surface area contributed by atoms with Crippen LogP contribution in [-0.2, 0) is 28.6 Å². The molecule has 0 aromatic heterocycles. The third-order valence-corrected chi connectivity index (χ3v) is 6.41. The van der Waals surface area contributed by atoms with Crippen LogP contribution >= 0.6 is 0 Å². The standard InChI is InChI=1S/C8H16O6S2/c1-13-15(9,10)7-3-5-8(6-4-7)16(11,12)14-2/h7-8H,3-6H2,1-2H3. The van der Waals surface area contributed by atoms with Gasteiger partial charge in [0.25, 0.3) is 20.2 Å². The summed E-state index contributed by atoms with van der Waals surface area (Å²) in [6.07, 6.45) is 1.18. The molecule has 1 aliphatic rings. The van der Waals surface area contributed by atoms with Gasteiger partial charge in [0.05, 0.1) is 24.7 Å². The van der Waals surface area contributed by atoms with Crippen molar-refractivity contribution in [3.63, 3.8) is 0 Å². The first-order chi connectivity index (χ1) is 7.33. The molecule has 1 aliphatic carbocycles. The SMILES string of the molecule is COS(=O)(=O)C1CCC(S(=O)(=O)OC)CC1. The molecule has 96 valence electrons. The lowest BCUT2D eigenvalue weighted by Gasteiger charge is -2.26. The van der Waals surface area contributed by atoms with Gasteiger partial charge in [-0.05, 0) is 25.7 Å². The van der Waals surface area contributed by atoms with Crippen molar-refractivity contribution in [2.75, 3.05) is 14.2 Å². The van der Waals surface area contributed by atoms with Gasteiger partial charge in [-0.15, -0.1) is 0 Å². The Morgan fingerprint density at radius 3 is 1.19 bits per heavy atom. The highest BCUT2D eigenvalue weighted by atomic mass is 32.2. The number of rotatable bonds is 4. The van der Waals surface area contributed by atoms with Crippen LogP contribution in [0.25, 0.3) is 0 Å². The van der Waals surface area contributed by atoms with Crippen LogP contribution in [0.3, 0.4) is 0 Å². The predicted octanol–water partition coefficient (Wildman–Crippen LogP) is 0.250. The first kappa shape index (κ1) is 13.9. The molecule has 1 saturated carbocycles. The fraction of sp³-hybridized carbons (Fsp3) is 1.00. The molecule has 0 atom stereocenters. The molecule has 0 N–H and O–H groups in total. The van der Waals surface area contributed by atoms with E-state index in [0.29, 0.717) is 25.7 Å². The van der Waals surface area contributed by atoms with E-state index < -0.39 is 30.7 Å². The molecule has 0 aliphatic heterocycles. The Morgan fingerprint density at radius 2 is 1.00 bits per heavy atom. The van der Waals surface area contributed by atoms with Gasteiger partial charge in [-0.2, -0.15) is 16.8 Å². The molecule has 0 aromatic carbocycles. The fourth-order valence-electron chi connectivity index (χ4n) is 1.88. The molecular weight excluding hydrogens is 256 g/mol. The lowest BCUT2D eigenvalue weighted by molar-refractivity contribution is 0.350. The Labute approximate surface area is 96.2 Å². The molecule has 0 heterocycles. The van der Waals surface area contributed by atoms with Crippen LogP contribution in [0, 0.1) is 0 Å². The van der Waals surface area contributed by atoms with Crippen LogP contribution in [0.2, 0.25) is 0 Å². The quantitative estimate of drug-likeness (QED) is 0.682. The van der Waals surface area contributed by atoms with Crippen LogP contribution in [0.15, 0.2) is 0 Å². The van der Waals surface area contributed by atoms with E-state index in [1.165, 1.54) is 0 Å². The zero-order valence-corrected chi connectivity index (χ0v) is 10.9. The van der Waals surface area contributed by atoms with Crippen molar-refractivity contribution in [3.05, 3.63) is 0 Å². The molecular formula is C8H16O6S2. The summed E-state index contributed by atoms with van der Waals surface area (Å²) >= 11 is 0. The summed E-state index contributed by atoms with van der Waals surface area (Å²) in [4.78, 5) is 0. The first-order valence-electron chi connectivity index (χ1n) is 4.92. The van der Waals surface area contributed by atoms with Crippen molar-refractivity contribution in [2.24, 2.45) is 0 Å². The minimum absolute atomic E-state index is 0.295. The van der Waals surface area contributed by atoms with Gasteiger partial charge in [0.2, 0.25) is 0 Å². The second kappa shape index (κ2) is 4.99. The van der Waals surface area contributed by atoms with Crippen LogP contribution in [0.1, 0.15) is 25.7 Å². The van der Waals surface area contributed by atoms with Gasteiger partial charge >= 0.3 is 0 Å². The highest BCUT2D eigenvalue weighted by Gasteiger charge is 2.36. The molecule has 1 rings (SSSR count). The summed E-state index contributed by atoms with van der Waals surface area (Å²) < 4.78 is 54.3. The van der Waals surface area contributed by atoms with Gasteiger partial charge in [0.1, 0.15) is 0 Å². The van der Waals surface area contributed by atoms with E-state index in [1.807, 2.05) is 0 Å². The molecule has 6 nitrogen and oxygen atoms in total. The van der Waals surface area contributed by atoms with Crippen molar-refractivity contribution >= 4 is 20.2 Å². The zero-order valence-electron chi connectivity index (χ0n) is 9.25. The van der Waals surface area contributed by atoms with Crippen molar-refractivity contribution in [1.82, 2.24) is 0 Å². The van der Waals surface area contributed by atoms with E-state index in [9.17, 15) is 16.8 Å². The van der Waals surface area contributed by atoms with E-state index in [0.717, 1.165) is 14.2 Å². The Bertz CT molecular complexity index is 373. The maximum absolute atomic E-state index is 11.4. The smallest absolute Gasteiger partial charge is 0.269 e. The second-order valence-electron chi connectivity index (χ2n) is 3.72. The monoisotopic (exact) mass is 272 g/mol. The van der Waals surface area contributed by atoms with Gasteiger partial charge in [-0.3, -0.25) is 8.37 Å². The van der Waals surface area contributed by atoms with Gasteiger partial charge in [-0.1, -0.05) is 0 Å². The molecule has 8 heteroatoms. The Hall–Kier alpha value is -0.180. The number of hydrogen-bond donors (Lipinski definition) is 0. The van der Waals surface area contributed by atoms with Crippen molar-refractivity contribution in [2.45, 2.75) is 36.2 Å². The Balaban J connectivity index is 2.66. The average molecular weight is 272 g/mol. The van der Waals surface area contributed by atoms with E-state index in [2.05, 4.69) is 8.37 Å². The lowest BCUT2D eigenvalue weighted by atomic mass is 10.00. The first-order valence-corrected chi connectivity index (χ1v) is 7.86. The third-order valence-electron chi connectivity index (χ3n) is 2.90. The van der Waals surface area contributed by atoms with Crippen LogP contribution in [-0.4, -0.2) is 41.6 Å². The van der Waals surface area contributed by atoms with E-state index >= 15 is 0 Å². The van der Waals surface area contributed by atoms with Gasteiger partial charge < -0.3 is 0 Å². The fourth-order valence-corrected chi connectivity index (χ4v) is 4.13. The summed E-state index contributed by atoms with van der Waals surface area (Å²) in [5, 5.41) is -1.19. The minimum atomic E-state index is -3.53. The summed E-state index contributed by atoms with van der Waals surface area (Å²) in [6.45, 7) is 0. The summed E-state index contributed by atoms with van der Waals surface area (Å²) in [7, 11) is -4.83. The van der Waals surface area contributed by atoms with Crippen molar-refractivity contribution in [3.8, 4) is 0 Å². The highest BCUT2D eigenvalue weighted by molar-refractivity contribution is 7.87. The third kappa shape index (κ3) is 2.93. The molecule has 16 heavy (non-hydrogen) atoms. The molecule has 0 bridgehead atoms. The van der Waals surface area contributed by atoms with Gasteiger partial charge in [0.15, 0.2) is 0 Å². The molecule has 0 amide bonds. The maximum atomic E-state index is 11.4. The maximum Gasteiger partial charge on any atom is 0.269 e. The molecule has 0 aromatic rings. The van der Waals surface area contributed by atoms with Gasteiger partial charge in [-0.25, -0.2) is 0 Å². The van der Waals surface area contributed by atoms with E-state index in [4.69, 9.17) is 0 Å². The molecule has 1 fully saturated rings. The molecule has 0 spiro atoms. The molecule has 0 saturated heterocycles. The van der Waals surface area contributed by atoms with Crippen molar-refractivity contribution in [1.29, 1.82) is 0 Å². The summed E-state index contributed by atoms with van der Waals surface area (Å²) in [6, 6.07) is 0. The minimum Gasteiger partial charge on any atom is -0.273 e. The predicted molar refractivity (Wildman–Crippen MR) is 57.9 cm³/mol. The van der Waals surface area contributed by atoms with Gasteiger partial charge in [0, 0.05) is 0 Å².